The molecule has 1 aromatic heterocycles. The lowest BCUT2D eigenvalue weighted by Gasteiger charge is -2.05. The van der Waals surface area contributed by atoms with Gasteiger partial charge in [0, 0.05) is 6.54 Å². The number of nitrogens with one attached hydrogen (secondary N) is 1. The summed E-state index contributed by atoms with van der Waals surface area (Å²) in [5.41, 5.74) is 6.90. The van der Waals surface area contributed by atoms with E-state index in [1.165, 1.54) is 11.3 Å². The van der Waals surface area contributed by atoms with Gasteiger partial charge in [-0.3, -0.25) is 4.79 Å². The molecule has 1 aliphatic rings. The molecule has 1 saturated carbocycles. The number of thiophene rings is 1. The molecule has 0 aliphatic heterocycles. The van der Waals surface area contributed by atoms with Crippen LogP contribution < -0.4 is 11.1 Å². The molecule has 0 bridgehead atoms. The van der Waals surface area contributed by atoms with Gasteiger partial charge in [0.05, 0.1) is 5.69 Å². The van der Waals surface area contributed by atoms with Crippen molar-refractivity contribution < 1.29 is 4.79 Å². The maximum atomic E-state index is 11.9. The maximum absolute atomic E-state index is 11.9. The number of nitrogens with two attached hydrogens (primary N) is 1. The largest absolute Gasteiger partial charge is 0.397 e. The molecule has 1 aromatic rings. The van der Waals surface area contributed by atoms with Crippen LogP contribution in [0.2, 0.25) is 0 Å². The highest BCUT2D eigenvalue weighted by Crippen LogP contribution is 2.67. The number of anilines is 1. The van der Waals surface area contributed by atoms with Crippen molar-refractivity contribution in [1.82, 2.24) is 5.32 Å². The maximum Gasteiger partial charge on any atom is 0.263 e. The average molecular weight is 252 g/mol. The lowest BCUT2D eigenvalue weighted by Crippen LogP contribution is -2.26. The standard InChI is InChI=1S/C13H20N2OS/c1-12(2)9(13(12,3)4)7-15-11(16)10-8(14)5-6-17-10/h5-6,9H,7,14H2,1-4H3,(H,15,16). The predicted octanol–water partition coefficient (Wildman–Crippen LogP) is 2.74. The Morgan fingerprint density at radius 3 is 2.41 bits per heavy atom. The third-order valence-corrected chi connectivity index (χ3v) is 5.62. The minimum Gasteiger partial charge on any atom is -0.397 e. The van der Waals surface area contributed by atoms with Gasteiger partial charge in [0.15, 0.2) is 0 Å². The van der Waals surface area contributed by atoms with E-state index in [2.05, 4.69) is 33.0 Å². The molecule has 3 N–H and O–H groups in total. The van der Waals surface area contributed by atoms with Gasteiger partial charge in [0.1, 0.15) is 4.88 Å². The summed E-state index contributed by atoms with van der Waals surface area (Å²) in [6.07, 6.45) is 0. The third kappa shape index (κ3) is 1.84. The van der Waals surface area contributed by atoms with Crippen molar-refractivity contribution >= 4 is 22.9 Å². The van der Waals surface area contributed by atoms with Crippen LogP contribution in [0.25, 0.3) is 0 Å². The Balaban J connectivity index is 1.93. The second kappa shape index (κ2) is 3.73. The first-order chi connectivity index (χ1) is 7.78. The molecular weight excluding hydrogens is 232 g/mol. The number of amides is 1. The van der Waals surface area contributed by atoms with Crippen molar-refractivity contribution in [1.29, 1.82) is 0 Å². The highest BCUT2D eigenvalue weighted by Gasteiger charge is 2.64. The van der Waals surface area contributed by atoms with Crippen LogP contribution in [0, 0.1) is 16.7 Å². The Bertz CT molecular complexity index is 434. The first kappa shape index (κ1) is 12.4. The van der Waals surface area contributed by atoms with E-state index in [1.807, 2.05) is 5.38 Å². The fourth-order valence-electron chi connectivity index (χ4n) is 2.62. The molecule has 1 amide bonds. The monoisotopic (exact) mass is 252 g/mol. The molecule has 0 saturated heterocycles. The van der Waals surface area contributed by atoms with Crippen molar-refractivity contribution in [2.45, 2.75) is 27.7 Å². The number of carbonyl (C=O) groups is 1. The van der Waals surface area contributed by atoms with Gasteiger partial charge in [-0.2, -0.15) is 0 Å². The van der Waals surface area contributed by atoms with E-state index in [9.17, 15) is 4.79 Å². The minimum absolute atomic E-state index is 0.0454. The van der Waals surface area contributed by atoms with Crippen LogP contribution in [0.4, 0.5) is 5.69 Å². The van der Waals surface area contributed by atoms with Crippen LogP contribution in [0.5, 0.6) is 0 Å². The Kier molecular flexibility index (Phi) is 2.73. The molecule has 94 valence electrons. The zero-order chi connectivity index (χ0) is 12.8. The molecule has 2 rings (SSSR count). The summed E-state index contributed by atoms with van der Waals surface area (Å²) in [5, 5.41) is 4.83. The molecule has 1 aliphatic carbocycles. The Hall–Kier alpha value is -1.03. The smallest absolute Gasteiger partial charge is 0.263 e. The molecule has 0 unspecified atom stereocenters. The van der Waals surface area contributed by atoms with Crippen molar-refractivity contribution in [3.05, 3.63) is 16.3 Å². The molecule has 3 nitrogen and oxygen atoms in total. The lowest BCUT2D eigenvalue weighted by atomic mass is 10.0. The Labute approximate surface area is 106 Å². The van der Waals surface area contributed by atoms with E-state index >= 15 is 0 Å². The van der Waals surface area contributed by atoms with E-state index in [-0.39, 0.29) is 5.91 Å². The van der Waals surface area contributed by atoms with Crippen molar-refractivity contribution in [3.63, 3.8) is 0 Å². The summed E-state index contributed by atoms with van der Waals surface area (Å²) in [6, 6.07) is 1.77. The molecule has 1 heterocycles. The van der Waals surface area contributed by atoms with Crippen LogP contribution in [0.1, 0.15) is 37.4 Å². The normalized spacial score (nSPS) is 21.2. The topological polar surface area (TPSA) is 55.1 Å². The summed E-state index contributed by atoms with van der Waals surface area (Å²) in [7, 11) is 0. The van der Waals surface area contributed by atoms with E-state index < -0.39 is 0 Å². The van der Waals surface area contributed by atoms with Gasteiger partial charge in [-0.25, -0.2) is 0 Å². The van der Waals surface area contributed by atoms with Crippen LogP contribution in [-0.4, -0.2) is 12.5 Å². The lowest BCUT2D eigenvalue weighted by molar-refractivity contribution is 0.0955. The van der Waals surface area contributed by atoms with Crippen molar-refractivity contribution in [3.8, 4) is 0 Å². The summed E-state index contributed by atoms with van der Waals surface area (Å²) in [4.78, 5) is 12.5. The van der Waals surface area contributed by atoms with Crippen molar-refractivity contribution in [2.75, 3.05) is 12.3 Å². The van der Waals surface area contributed by atoms with Gasteiger partial charge in [-0.1, -0.05) is 27.7 Å². The fourth-order valence-corrected chi connectivity index (χ4v) is 3.36. The summed E-state index contributed by atoms with van der Waals surface area (Å²) in [6.45, 7) is 9.75. The predicted molar refractivity (Wildman–Crippen MR) is 72.1 cm³/mol. The van der Waals surface area contributed by atoms with E-state index in [0.717, 1.165) is 6.54 Å². The Morgan fingerprint density at radius 1 is 1.41 bits per heavy atom. The number of carbonyl (C=O) groups excluding carboxylic acids is 1. The van der Waals surface area contributed by atoms with Crippen molar-refractivity contribution in [2.24, 2.45) is 16.7 Å². The summed E-state index contributed by atoms with van der Waals surface area (Å²) < 4.78 is 0. The zero-order valence-electron chi connectivity index (χ0n) is 10.8. The highest BCUT2D eigenvalue weighted by molar-refractivity contribution is 7.12. The van der Waals surface area contributed by atoms with Crippen LogP contribution in [0.15, 0.2) is 11.4 Å². The second-order valence-corrected chi connectivity index (χ2v) is 6.83. The second-order valence-electron chi connectivity index (χ2n) is 5.91. The van der Waals surface area contributed by atoms with Gasteiger partial charge in [-0.15, -0.1) is 11.3 Å². The number of hydrogen-bond donors (Lipinski definition) is 2. The number of hydrogen-bond acceptors (Lipinski definition) is 3. The van der Waals surface area contributed by atoms with Gasteiger partial charge >= 0.3 is 0 Å². The first-order valence-corrected chi connectivity index (χ1v) is 6.77. The fraction of sp³-hybridized carbons (Fsp3) is 0.615. The first-order valence-electron chi connectivity index (χ1n) is 5.89. The van der Waals surface area contributed by atoms with E-state index in [1.54, 1.807) is 6.07 Å². The Morgan fingerprint density at radius 2 is 2.00 bits per heavy atom. The molecule has 1 fully saturated rings. The van der Waals surface area contributed by atoms with Gasteiger partial charge in [0.2, 0.25) is 0 Å². The summed E-state index contributed by atoms with van der Waals surface area (Å²) in [5.74, 6) is 0.496. The molecule has 0 spiro atoms. The number of rotatable bonds is 3. The van der Waals surface area contributed by atoms with E-state index in [4.69, 9.17) is 5.73 Å². The molecule has 4 heteroatoms. The van der Waals surface area contributed by atoms with Gasteiger partial charge in [-0.05, 0) is 28.2 Å². The van der Waals surface area contributed by atoms with Crippen LogP contribution in [-0.2, 0) is 0 Å². The molecule has 0 aromatic carbocycles. The highest BCUT2D eigenvalue weighted by atomic mass is 32.1. The van der Waals surface area contributed by atoms with Gasteiger partial charge in [0.25, 0.3) is 5.91 Å². The molecule has 17 heavy (non-hydrogen) atoms. The van der Waals surface area contributed by atoms with Gasteiger partial charge < -0.3 is 11.1 Å². The third-order valence-electron chi connectivity index (χ3n) is 4.69. The zero-order valence-corrected chi connectivity index (χ0v) is 11.6. The van der Waals surface area contributed by atoms with Crippen LogP contribution >= 0.6 is 11.3 Å². The molecule has 0 atom stereocenters. The summed E-state index contributed by atoms with van der Waals surface area (Å²) >= 11 is 1.39. The van der Waals surface area contributed by atoms with Crippen LogP contribution in [0.3, 0.4) is 0 Å². The number of nitrogen functional groups attached to an aromatic ring is 1. The quantitative estimate of drug-likeness (QED) is 0.869. The molecule has 0 radical (unpaired) electrons. The average Bonchev–Trinajstić information content (AvgIpc) is 2.55. The molecular formula is C13H20N2OS. The minimum atomic E-state index is -0.0454. The van der Waals surface area contributed by atoms with E-state index in [0.29, 0.717) is 27.3 Å². The SMILES string of the molecule is CC1(C)C(CNC(=O)c2sccc2N)C1(C)C.